The van der Waals surface area contributed by atoms with Gasteiger partial charge in [0.1, 0.15) is 5.82 Å². The summed E-state index contributed by atoms with van der Waals surface area (Å²) in [5.74, 6) is -0.0157. The topological polar surface area (TPSA) is 86.3 Å². The van der Waals surface area contributed by atoms with Crippen molar-refractivity contribution < 1.29 is 23.1 Å². The summed E-state index contributed by atoms with van der Waals surface area (Å²) in [5, 5.41) is 12.6. The number of amides is 1. The highest BCUT2D eigenvalue weighted by atomic mass is 32.2. The molecule has 6 nitrogen and oxygen atoms in total. The van der Waals surface area contributed by atoms with Gasteiger partial charge in [-0.25, -0.2) is 4.98 Å². The number of aromatic nitrogens is 2. The molecule has 1 atom stereocenters. The number of hydrogen-bond acceptors (Lipinski definition) is 6. The van der Waals surface area contributed by atoms with Crippen molar-refractivity contribution in [2.24, 2.45) is 0 Å². The second-order valence-electron chi connectivity index (χ2n) is 8.43. The number of hydrogen-bond donors (Lipinski definition) is 2. The molecule has 0 spiro atoms. The molecule has 5 rings (SSSR count). The van der Waals surface area contributed by atoms with Gasteiger partial charge in [-0.1, -0.05) is 18.2 Å². The molecule has 2 aliphatic rings. The molecule has 34 heavy (non-hydrogen) atoms. The van der Waals surface area contributed by atoms with Crippen LogP contribution in [0.2, 0.25) is 0 Å². The molecular formula is C23H20F3N3O3S2. The van der Waals surface area contributed by atoms with Gasteiger partial charge in [-0.15, -0.1) is 11.3 Å². The number of carbonyl (C=O) groups is 1. The Labute approximate surface area is 200 Å². The molecule has 1 unspecified atom stereocenters. The maximum absolute atomic E-state index is 12.9. The third-order valence-electron chi connectivity index (χ3n) is 6.22. The Bertz CT molecular complexity index is 1290. The van der Waals surface area contributed by atoms with Crippen LogP contribution in [0.3, 0.4) is 0 Å². The van der Waals surface area contributed by atoms with Crippen LogP contribution in [-0.4, -0.2) is 37.9 Å². The molecule has 0 radical (unpaired) electrons. The molecular weight excluding hydrogens is 487 g/mol. The minimum atomic E-state index is -4.47. The molecule has 178 valence electrons. The first-order chi connectivity index (χ1) is 16.2. The Balaban J connectivity index is 1.35. The van der Waals surface area contributed by atoms with Gasteiger partial charge in [0.05, 0.1) is 23.2 Å². The number of benzene rings is 1. The maximum Gasteiger partial charge on any atom is 0.446 e. The molecule has 1 aromatic carbocycles. The number of nitrogens with zero attached hydrogens (tertiary/aromatic N) is 2. The van der Waals surface area contributed by atoms with E-state index in [9.17, 15) is 27.9 Å². The average molecular weight is 508 g/mol. The van der Waals surface area contributed by atoms with Crippen LogP contribution in [0.25, 0.3) is 0 Å². The number of fused-ring (bicyclic) bond motifs is 1. The number of nitrogens with one attached hydrogen (secondary N) is 1. The Morgan fingerprint density at radius 1 is 1.26 bits per heavy atom. The second-order valence-corrected chi connectivity index (χ2v) is 10.5. The number of thiophene rings is 1. The predicted molar refractivity (Wildman–Crippen MR) is 122 cm³/mol. The third-order valence-corrected chi connectivity index (χ3v) is 8.01. The summed E-state index contributed by atoms with van der Waals surface area (Å²) in [4.78, 5) is 35.9. The van der Waals surface area contributed by atoms with Crippen molar-refractivity contribution in [2.45, 2.75) is 47.7 Å². The number of aliphatic hydroxyl groups excluding tert-OH is 1. The van der Waals surface area contributed by atoms with E-state index in [0.717, 1.165) is 23.8 Å². The van der Waals surface area contributed by atoms with Crippen LogP contribution < -0.4 is 5.56 Å². The molecule has 2 N–H and O–H groups in total. The zero-order valence-corrected chi connectivity index (χ0v) is 19.4. The summed E-state index contributed by atoms with van der Waals surface area (Å²) in [6, 6.07) is 9.20. The van der Waals surface area contributed by atoms with E-state index in [1.165, 1.54) is 23.1 Å². The minimum absolute atomic E-state index is 0.0170. The van der Waals surface area contributed by atoms with Crippen LogP contribution in [0.15, 0.2) is 51.5 Å². The Kier molecular flexibility index (Phi) is 5.81. The van der Waals surface area contributed by atoms with E-state index < -0.39 is 17.5 Å². The van der Waals surface area contributed by atoms with E-state index in [-0.39, 0.29) is 46.3 Å². The van der Waals surface area contributed by atoms with Gasteiger partial charge in [-0.2, -0.15) is 13.2 Å². The number of rotatable bonds is 5. The highest BCUT2D eigenvalue weighted by Gasteiger charge is 2.49. The van der Waals surface area contributed by atoms with Gasteiger partial charge in [0.25, 0.3) is 11.5 Å². The van der Waals surface area contributed by atoms with Crippen LogP contribution in [0, 0.1) is 0 Å². The van der Waals surface area contributed by atoms with Crippen LogP contribution in [0.1, 0.15) is 46.5 Å². The summed E-state index contributed by atoms with van der Waals surface area (Å²) in [5.41, 5.74) is -3.94. The van der Waals surface area contributed by atoms with Gasteiger partial charge in [0.15, 0.2) is 6.10 Å². The third kappa shape index (κ3) is 4.39. The molecule has 0 saturated heterocycles. The van der Waals surface area contributed by atoms with Crippen LogP contribution in [0.5, 0.6) is 0 Å². The first kappa shape index (κ1) is 23.1. The Morgan fingerprint density at radius 2 is 2.06 bits per heavy atom. The summed E-state index contributed by atoms with van der Waals surface area (Å²) < 4.78 is 38.0. The number of aliphatic hydroxyl groups is 1. The number of H-pyrrole nitrogens is 1. The van der Waals surface area contributed by atoms with Crippen molar-refractivity contribution in [1.29, 1.82) is 0 Å². The number of aromatic amines is 1. The molecule has 1 saturated carbocycles. The lowest BCUT2D eigenvalue weighted by atomic mass is 10.0. The standard InChI is InChI=1S/C23H20F3N3O3S2/c24-23(25,26)34-14-4-1-3-13(11-14)18(30)20(32)29-9-6-16-15(12-29)19(31)28-21(27-16)22(7-8-22)17-5-2-10-33-17/h1-5,10-11,18,30H,6-9,12H2,(H,27,28,31). The van der Waals surface area contributed by atoms with Crippen molar-refractivity contribution in [1.82, 2.24) is 14.9 Å². The molecule has 11 heteroatoms. The fourth-order valence-corrected chi connectivity index (χ4v) is 5.91. The lowest BCUT2D eigenvalue weighted by molar-refractivity contribution is -0.141. The van der Waals surface area contributed by atoms with Gasteiger partial charge in [0, 0.05) is 22.7 Å². The van der Waals surface area contributed by atoms with E-state index in [1.807, 2.05) is 17.5 Å². The number of thioether (sulfide) groups is 1. The average Bonchev–Trinajstić information content (AvgIpc) is 3.42. The number of halogens is 3. The van der Waals surface area contributed by atoms with E-state index in [4.69, 9.17) is 4.98 Å². The molecule has 2 aromatic heterocycles. The molecule has 1 aliphatic carbocycles. The van der Waals surface area contributed by atoms with Crippen LogP contribution >= 0.6 is 23.1 Å². The van der Waals surface area contributed by atoms with E-state index in [1.54, 1.807) is 11.3 Å². The molecule has 3 aromatic rings. The molecule has 3 heterocycles. The molecule has 0 bridgehead atoms. The SMILES string of the molecule is O=C(C(O)c1cccc(SC(F)(F)F)c1)N1CCc2nc(C3(c4cccs4)CC3)[nH]c(=O)c2C1. The van der Waals surface area contributed by atoms with E-state index in [0.29, 0.717) is 23.5 Å². The fourth-order valence-electron chi connectivity index (χ4n) is 4.31. The highest BCUT2D eigenvalue weighted by molar-refractivity contribution is 8.00. The summed E-state index contributed by atoms with van der Waals surface area (Å²) in [6.45, 7) is 0.235. The number of alkyl halides is 3. The molecule has 1 amide bonds. The maximum atomic E-state index is 12.9. The fraction of sp³-hybridized carbons (Fsp3) is 0.348. The largest absolute Gasteiger partial charge is 0.446 e. The van der Waals surface area contributed by atoms with Gasteiger partial charge in [0.2, 0.25) is 0 Å². The van der Waals surface area contributed by atoms with Crippen molar-refractivity contribution >= 4 is 29.0 Å². The monoisotopic (exact) mass is 507 g/mol. The minimum Gasteiger partial charge on any atom is -0.378 e. The van der Waals surface area contributed by atoms with Crippen molar-refractivity contribution in [3.05, 3.63) is 79.7 Å². The highest BCUT2D eigenvalue weighted by Crippen LogP contribution is 2.53. The van der Waals surface area contributed by atoms with Crippen LogP contribution in [0.4, 0.5) is 13.2 Å². The summed E-state index contributed by atoms with van der Waals surface area (Å²) in [6.07, 6.45) is 0.556. The lowest BCUT2D eigenvalue weighted by Gasteiger charge is -2.30. The zero-order valence-electron chi connectivity index (χ0n) is 17.8. The zero-order chi connectivity index (χ0) is 24.1. The summed E-state index contributed by atoms with van der Waals surface area (Å²) in [7, 11) is 0. The van der Waals surface area contributed by atoms with Gasteiger partial charge < -0.3 is 15.0 Å². The van der Waals surface area contributed by atoms with Crippen molar-refractivity contribution in [3.63, 3.8) is 0 Å². The van der Waals surface area contributed by atoms with Crippen molar-refractivity contribution in [2.75, 3.05) is 6.54 Å². The summed E-state index contributed by atoms with van der Waals surface area (Å²) >= 11 is 1.32. The first-order valence-electron chi connectivity index (χ1n) is 10.7. The number of carbonyl (C=O) groups excluding carboxylic acids is 1. The van der Waals surface area contributed by atoms with Gasteiger partial charge in [-0.3, -0.25) is 9.59 Å². The predicted octanol–water partition coefficient (Wildman–Crippen LogP) is 4.14. The quantitative estimate of drug-likeness (QED) is 0.507. The molecule has 1 aliphatic heterocycles. The normalized spacial score (nSPS) is 17.8. The van der Waals surface area contributed by atoms with Gasteiger partial charge >= 0.3 is 5.51 Å². The Morgan fingerprint density at radius 3 is 2.74 bits per heavy atom. The van der Waals surface area contributed by atoms with E-state index >= 15 is 0 Å². The van der Waals surface area contributed by atoms with Gasteiger partial charge in [-0.05, 0) is 53.7 Å². The molecule has 1 fully saturated rings. The smallest absolute Gasteiger partial charge is 0.378 e. The Hall–Kier alpha value is -2.63. The first-order valence-corrected chi connectivity index (χ1v) is 12.3. The second kappa shape index (κ2) is 8.54. The van der Waals surface area contributed by atoms with E-state index in [2.05, 4.69) is 4.98 Å². The van der Waals surface area contributed by atoms with Crippen molar-refractivity contribution in [3.8, 4) is 0 Å². The lowest BCUT2D eigenvalue weighted by Crippen LogP contribution is -2.42. The van der Waals surface area contributed by atoms with Crippen LogP contribution in [-0.2, 0) is 23.2 Å².